The molecule has 0 radical (unpaired) electrons. The number of carbonyl (C=O) groups is 1. The van der Waals surface area contributed by atoms with Crippen molar-refractivity contribution < 1.29 is 22.7 Å². The number of methoxy groups -OCH3 is 2. The van der Waals surface area contributed by atoms with Crippen molar-refractivity contribution in [3.8, 4) is 17.6 Å². The van der Waals surface area contributed by atoms with E-state index in [1.807, 2.05) is 0 Å². The summed E-state index contributed by atoms with van der Waals surface area (Å²) in [5.74, 6) is -0.590. The highest BCUT2D eigenvalue weighted by molar-refractivity contribution is 7.89. The fourth-order valence-electron chi connectivity index (χ4n) is 4.66. The highest BCUT2D eigenvalue weighted by Gasteiger charge is 2.41. The second-order valence-electron chi connectivity index (χ2n) is 9.08. The second-order valence-corrected chi connectivity index (χ2v) is 11.8. The van der Waals surface area contributed by atoms with Gasteiger partial charge in [-0.2, -0.15) is 9.57 Å². The second kappa shape index (κ2) is 11.8. The molecule has 4 rings (SSSR count). The van der Waals surface area contributed by atoms with Crippen molar-refractivity contribution in [3.05, 3.63) is 81.3 Å². The largest absolute Gasteiger partial charge is 0.497 e. The number of nitrogens with one attached hydrogen (secondary N) is 1. The summed E-state index contributed by atoms with van der Waals surface area (Å²) in [4.78, 5) is 13.3. The zero-order chi connectivity index (χ0) is 28.3. The van der Waals surface area contributed by atoms with E-state index in [0.717, 1.165) is 5.56 Å². The smallest absolute Gasteiger partial charge is 0.247 e. The molecule has 0 aromatic heterocycles. The van der Waals surface area contributed by atoms with Gasteiger partial charge in [0.2, 0.25) is 15.9 Å². The number of anilines is 1. The van der Waals surface area contributed by atoms with E-state index in [1.165, 1.54) is 30.7 Å². The third-order valence-electron chi connectivity index (χ3n) is 6.71. The van der Waals surface area contributed by atoms with E-state index >= 15 is 0 Å². The van der Waals surface area contributed by atoms with Crippen LogP contribution in [0, 0.1) is 18.3 Å². The van der Waals surface area contributed by atoms with Gasteiger partial charge < -0.3 is 14.8 Å². The zero-order valence-corrected chi connectivity index (χ0v) is 23.9. The molecule has 1 saturated heterocycles. The van der Waals surface area contributed by atoms with Crippen molar-refractivity contribution in [2.24, 2.45) is 0 Å². The van der Waals surface area contributed by atoms with Crippen LogP contribution in [0.15, 0.2) is 59.5 Å². The molecule has 0 aliphatic carbocycles. The lowest BCUT2D eigenvalue weighted by Gasteiger charge is -2.25. The van der Waals surface area contributed by atoms with Gasteiger partial charge in [-0.3, -0.25) is 4.79 Å². The van der Waals surface area contributed by atoms with E-state index in [1.54, 1.807) is 49.4 Å². The van der Waals surface area contributed by atoms with Crippen molar-refractivity contribution in [3.63, 3.8) is 0 Å². The van der Waals surface area contributed by atoms with Gasteiger partial charge in [-0.25, -0.2) is 8.42 Å². The Bertz CT molecular complexity index is 1540. The number of aryl methyl sites for hydroxylation is 1. The Kier molecular flexibility index (Phi) is 8.72. The first-order chi connectivity index (χ1) is 18.6. The fourth-order valence-corrected chi connectivity index (χ4v) is 6.88. The number of halogens is 2. The molecule has 0 spiro atoms. The van der Waals surface area contributed by atoms with Gasteiger partial charge >= 0.3 is 0 Å². The molecule has 8 nitrogen and oxygen atoms in total. The molecule has 1 aliphatic rings. The first-order valence-electron chi connectivity index (χ1n) is 12.1. The van der Waals surface area contributed by atoms with Crippen LogP contribution in [-0.2, 0) is 14.8 Å². The maximum Gasteiger partial charge on any atom is 0.247 e. The fraction of sp³-hybridized carbons (Fsp3) is 0.286. The number of amides is 1. The third-order valence-corrected chi connectivity index (χ3v) is 9.22. The molecule has 3 aromatic carbocycles. The highest BCUT2D eigenvalue weighted by Crippen LogP contribution is 2.36. The van der Waals surface area contributed by atoms with Gasteiger partial charge in [-0.15, -0.1) is 0 Å². The molecule has 39 heavy (non-hydrogen) atoms. The van der Waals surface area contributed by atoms with E-state index in [9.17, 15) is 18.5 Å². The van der Waals surface area contributed by atoms with E-state index < -0.39 is 27.9 Å². The molecular weight excluding hydrogens is 561 g/mol. The van der Waals surface area contributed by atoms with E-state index in [2.05, 4.69) is 11.4 Å². The maximum atomic E-state index is 13.6. The zero-order valence-electron chi connectivity index (χ0n) is 21.6. The Labute approximate surface area is 238 Å². The molecule has 1 heterocycles. The SMILES string of the molecule is COc1ccc(OC)c(S(=O)(=O)N2CCCC2C(=O)Nc2cc(Cl)c(C(C#N)c3ccc(Cl)cc3)cc2C)c1. The van der Waals surface area contributed by atoms with Crippen molar-refractivity contribution >= 4 is 44.8 Å². The minimum atomic E-state index is -4.08. The van der Waals surface area contributed by atoms with Crippen LogP contribution in [0.4, 0.5) is 5.69 Å². The quantitative estimate of drug-likeness (QED) is 0.358. The first kappa shape index (κ1) is 28.7. The van der Waals surface area contributed by atoms with Crippen LogP contribution in [-0.4, -0.2) is 45.4 Å². The van der Waals surface area contributed by atoms with Crippen LogP contribution in [0.5, 0.6) is 11.5 Å². The number of ether oxygens (including phenoxy) is 2. The number of nitriles is 1. The predicted octanol–water partition coefficient (Wildman–Crippen LogP) is 5.77. The summed E-state index contributed by atoms with van der Waals surface area (Å²) in [6, 6.07) is 16.1. The topological polar surface area (TPSA) is 109 Å². The van der Waals surface area contributed by atoms with Crippen molar-refractivity contribution in [1.29, 1.82) is 5.26 Å². The summed E-state index contributed by atoms with van der Waals surface area (Å²) in [5.41, 5.74) is 2.44. The van der Waals surface area contributed by atoms with Gasteiger partial charge in [0.05, 0.1) is 26.2 Å². The number of sulfonamides is 1. The number of hydrogen-bond acceptors (Lipinski definition) is 6. The average molecular weight is 589 g/mol. The number of nitrogens with zero attached hydrogens (tertiary/aromatic N) is 2. The van der Waals surface area contributed by atoms with E-state index in [0.29, 0.717) is 45.5 Å². The van der Waals surface area contributed by atoms with Gasteiger partial charge in [0, 0.05) is 28.3 Å². The molecule has 1 amide bonds. The summed E-state index contributed by atoms with van der Waals surface area (Å²) >= 11 is 12.6. The molecule has 3 aromatic rings. The van der Waals surface area contributed by atoms with Crippen LogP contribution in [0.3, 0.4) is 0 Å². The molecule has 1 N–H and O–H groups in total. The van der Waals surface area contributed by atoms with E-state index in [4.69, 9.17) is 32.7 Å². The van der Waals surface area contributed by atoms with Gasteiger partial charge in [0.25, 0.3) is 0 Å². The average Bonchev–Trinajstić information content (AvgIpc) is 3.43. The molecule has 2 atom stereocenters. The highest BCUT2D eigenvalue weighted by atomic mass is 35.5. The standard InChI is InChI=1S/C28H27Cl2N3O5S/c1-17-13-21(22(16-31)18-6-8-19(29)9-7-18)23(30)15-24(17)32-28(34)25-5-4-12-33(25)39(35,36)27-14-20(37-2)10-11-26(27)38-3/h6-11,13-15,22,25H,4-5,12H2,1-3H3,(H,32,34). The Morgan fingerprint density at radius 2 is 1.82 bits per heavy atom. The minimum Gasteiger partial charge on any atom is -0.497 e. The monoisotopic (exact) mass is 587 g/mol. The Morgan fingerprint density at radius 1 is 1.10 bits per heavy atom. The van der Waals surface area contributed by atoms with Crippen LogP contribution < -0.4 is 14.8 Å². The molecule has 1 fully saturated rings. The summed E-state index contributed by atoms with van der Waals surface area (Å²) in [7, 11) is -1.25. The molecule has 11 heteroatoms. The molecule has 204 valence electrons. The maximum absolute atomic E-state index is 13.6. The normalized spacial score (nSPS) is 16.4. The molecular formula is C28H27Cl2N3O5S. The number of carbonyl (C=O) groups excluding carboxylic acids is 1. The Balaban J connectivity index is 1.60. The lowest BCUT2D eigenvalue weighted by molar-refractivity contribution is -0.119. The summed E-state index contributed by atoms with van der Waals surface area (Å²) in [6.07, 6.45) is 0.877. The molecule has 0 bridgehead atoms. The lowest BCUT2D eigenvalue weighted by Crippen LogP contribution is -2.43. The van der Waals surface area contributed by atoms with Gasteiger partial charge in [0.1, 0.15) is 22.4 Å². The lowest BCUT2D eigenvalue weighted by atomic mass is 9.91. The number of hydrogen-bond donors (Lipinski definition) is 1. The van der Waals surface area contributed by atoms with Gasteiger partial charge in [0.15, 0.2) is 0 Å². The van der Waals surface area contributed by atoms with Crippen molar-refractivity contribution in [2.75, 3.05) is 26.1 Å². The summed E-state index contributed by atoms with van der Waals surface area (Å²) < 4.78 is 38.9. The van der Waals surface area contributed by atoms with Crippen LogP contribution in [0.1, 0.15) is 35.4 Å². The van der Waals surface area contributed by atoms with Gasteiger partial charge in [-0.05, 0) is 66.8 Å². The van der Waals surface area contributed by atoms with E-state index in [-0.39, 0.29) is 17.2 Å². The molecule has 1 aliphatic heterocycles. The van der Waals surface area contributed by atoms with Crippen molar-refractivity contribution in [2.45, 2.75) is 36.6 Å². The van der Waals surface area contributed by atoms with Gasteiger partial charge in [-0.1, -0.05) is 41.4 Å². The Hall–Kier alpha value is -3.29. The summed E-state index contributed by atoms with van der Waals surface area (Å²) in [5, 5.41) is 13.6. The molecule has 0 saturated carbocycles. The number of rotatable bonds is 8. The third kappa shape index (κ3) is 5.85. The predicted molar refractivity (Wildman–Crippen MR) is 150 cm³/mol. The minimum absolute atomic E-state index is 0.0719. The summed E-state index contributed by atoms with van der Waals surface area (Å²) in [6.45, 7) is 1.97. The van der Waals surface area contributed by atoms with Crippen LogP contribution >= 0.6 is 23.2 Å². The molecule has 2 unspecified atom stereocenters. The van der Waals surface area contributed by atoms with Crippen LogP contribution in [0.25, 0.3) is 0 Å². The van der Waals surface area contributed by atoms with Crippen LogP contribution in [0.2, 0.25) is 10.0 Å². The number of benzene rings is 3. The first-order valence-corrected chi connectivity index (χ1v) is 14.3. The van der Waals surface area contributed by atoms with Crippen molar-refractivity contribution in [1.82, 2.24) is 4.31 Å². The Morgan fingerprint density at radius 3 is 2.46 bits per heavy atom.